The maximum Gasteiger partial charge on any atom is 0.416 e. The Labute approximate surface area is 165 Å². The summed E-state index contributed by atoms with van der Waals surface area (Å²) in [5, 5.41) is 3.13. The molecule has 1 aliphatic heterocycles. The van der Waals surface area contributed by atoms with E-state index in [1.807, 2.05) is 6.07 Å². The van der Waals surface area contributed by atoms with Gasteiger partial charge in [0.2, 0.25) is 5.91 Å². The highest BCUT2D eigenvalue weighted by molar-refractivity contribution is 6.30. The third-order valence-corrected chi connectivity index (χ3v) is 4.76. The Morgan fingerprint density at radius 1 is 1.18 bits per heavy atom. The van der Waals surface area contributed by atoms with Gasteiger partial charge in [-0.2, -0.15) is 13.2 Å². The van der Waals surface area contributed by atoms with Crippen LogP contribution in [-0.2, 0) is 17.4 Å². The number of carbonyl (C=O) groups is 2. The lowest BCUT2D eigenvalue weighted by atomic mass is 10.1. The summed E-state index contributed by atoms with van der Waals surface area (Å²) < 4.78 is 38.7. The van der Waals surface area contributed by atoms with Crippen molar-refractivity contribution in [2.24, 2.45) is 0 Å². The van der Waals surface area contributed by atoms with Crippen LogP contribution < -0.4 is 10.2 Å². The SMILES string of the molecule is Cc1cc(C(=O)NCCC(=O)N2CCc3cc(Cl)ccc32)cc(C(F)(F)F)c1. The fourth-order valence-corrected chi connectivity index (χ4v) is 3.42. The van der Waals surface area contributed by atoms with Gasteiger partial charge >= 0.3 is 6.18 Å². The van der Waals surface area contributed by atoms with Crippen LogP contribution in [0.4, 0.5) is 18.9 Å². The van der Waals surface area contributed by atoms with Gasteiger partial charge in [-0.25, -0.2) is 0 Å². The number of nitrogens with zero attached hydrogens (tertiary/aromatic N) is 1. The average molecular weight is 411 g/mol. The van der Waals surface area contributed by atoms with E-state index in [1.54, 1.807) is 17.0 Å². The summed E-state index contributed by atoms with van der Waals surface area (Å²) in [6, 6.07) is 8.49. The predicted molar refractivity (Wildman–Crippen MR) is 101 cm³/mol. The van der Waals surface area contributed by atoms with Crippen LogP contribution in [0.2, 0.25) is 5.02 Å². The van der Waals surface area contributed by atoms with Crippen molar-refractivity contribution in [3.8, 4) is 0 Å². The number of anilines is 1. The Kier molecular flexibility index (Phi) is 5.65. The highest BCUT2D eigenvalue weighted by Crippen LogP contribution is 2.31. The summed E-state index contributed by atoms with van der Waals surface area (Å²) in [6.07, 6.45) is -3.77. The van der Waals surface area contributed by atoms with Gasteiger partial charge in [-0.1, -0.05) is 11.6 Å². The van der Waals surface area contributed by atoms with Gasteiger partial charge in [-0.3, -0.25) is 9.59 Å². The molecule has 0 saturated heterocycles. The topological polar surface area (TPSA) is 49.4 Å². The fourth-order valence-electron chi connectivity index (χ4n) is 3.23. The standard InChI is InChI=1S/C20H18ClF3N2O2/c1-12-8-14(10-15(9-12)20(22,23)24)19(28)25-6-4-18(27)26-7-5-13-11-16(21)2-3-17(13)26/h2-3,8-11H,4-7H2,1H3,(H,25,28). The fraction of sp³-hybridized carbons (Fsp3) is 0.300. The van der Waals surface area contributed by atoms with E-state index in [2.05, 4.69) is 5.32 Å². The molecule has 0 fully saturated rings. The number of hydrogen-bond donors (Lipinski definition) is 1. The summed E-state index contributed by atoms with van der Waals surface area (Å²) in [5.74, 6) is -0.808. The lowest BCUT2D eigenvalue weighted by Gasteiger charge is -2.17. The first kappa shape index (κ1) is 20.2. The maximum atomic E-state index is 12.9. The van der Waals surface area contributed by atoms with E-state index in [1.165, 1.54) is 13.0 Å². The molecule has 8 heteroatoms. The molecule has 2 amide bonds. The van der Waals surface area contributed by atoms with Gasteiger partial charge < -0.3 is 10.2 Å². The van der Waals surface area contributed by atoms with Crippen molar-refractivity contribution in [2.45, 2.75) is 25.9 Å². The molecule has 1 heterocycles. The van der Waals surface area contributed by atoms with Crippen molar-refractivity contribution in [2.75, 3.05) is 18.0 Å². The molecule has 4 nitrogen and oxygen atoms in total. The first-order valence-corrected chi connectivity index (χ1v) is 9.09. The minimum atomic E-state index is -4.52. The zero-order chi connectivity index (χ0) is 20.5. The Morgan fingerprint density at radius 2 is 1.93 bits per heavy atom. The second kappa shape index (κ2) is 7.83. The summed E-state index contributed by atoms with van der Waals surface area (Å²) in [5.41, 5.74) is 1.17. The van der Waals surface area contributed by atoms with Gasteiger partial charge in [0.1, 0.15) is 0 Å². The Hall–Kier alpha value is -2.54. The van der Waals surface area contributed by atoms with E-state index < -0.39 is 17.6 Å². The molecule has 0 radical (unpaired) electrons. The molecular weight excluding hydrogens is 393 g/mol. The summed E-state index contributed by atoms with van der Waals surface area (Å²) in [4.78, 5) is 26.3. The van der Waals surface area contributed by atoms with Gasteiger partial charge in [0.25, 0.3) is 5.91 Å². The molecule has 2 aromatic rings. The molecule has 0 unspecified atom stereocenters. The van der Waals surface area contributed by atoms with Gasteiger partial charge in [-0.15, -0.1) is 0 Å². The highest BCUT2D eigenvalue weighted by atomic mass is 35.5. The van der Waals surface area contributed by atoms with Gasteiger partial charge in [0.15, 0.2) is 0 Å². The van der Waals surface area contributed by atoms with Crippen LogP contribution in [0.1, 0.15) is 33.5 Å². The van der Waals surface area contributed by atoms with E-state index in [0.29, 0.717) is 23.6 Å². The molecule has 0 atom stereocenters. The number of nitrogens with one attached hydrogen (secondary N) is 1. The lowest BCUT2D eigenvalue weighted by Crippen LogP contribution is -2.33. The average Bonchev–Trinajstić information content (AvgIpc) is 3.03. The van der Waals surface area contributed by atoms with Crippen molar-refractivity contribution in [3.63, 3.8) is 0 Å². The van der Waals surface area contributed by atoms with Crippen molar-refractivity contribution in [1.29, 1.82) is 0 Å². The third-order valence-electron chi connectivity index (χ3n) is 4.53. The number of benzene rings is 2. The smallest absolute Gasteiger partial charge is 0.352 e. The molecule has 0 aliphatic carbocycles. The van der Waals surface area contributed by atoms with Crippen molar-refractivity contribution >= 4 is 29.1 Å². The zero-order valence-corrected chi connectivity index (χ0v) is 15.8. The summed E-state index contributed by atoms with van der Waals surface area (Å²) >= 11 is 5.96. The Bertz CT molecular complexity index is 928. The highest BCUT2D eigenvalue weighted by Gasteiger charge is 2.31. The molecule has 3 rings (SSSR count). The van der Waals surface area contributed by atoms with Crippen molar-refractivity contribution in [3.05, 3.63) is 63.7 Å². The minimum Gasteiger partial charge on any atom is -0.352 e. The molecule has 2 aromatic carbocycles. The normalized spacial score (nSPS) is 13.4. The van der Waals surface area contributed by atoms with Crippen LogP contribution in [0.15, 0.2) is 36.4 Å². The second-order valence-electron chi connectivity index (χ2n) is 6.66. The van der Waals surface area contributed by atoms with E-state index >= 15 is 0 Å². The number of rotatable bonds is 4. The van der Waals surface area contributed by atoms with Gasteiger partial charge in [0, 0.05) is 35.8 Å². The first-order valence-electron chi connectivity index (χ1n) is 8.71. The van der Waals surface area contributed by atoms with Crippen LogP contribution in [0, 0.1) is 6.92 Å². The number of halogens is 4. The van der Waals surface area contributed by atoms with Crippen LogP contribution in [-0.4, -0.2) is 24.9 Å². The van der Waals surface area contributed by atoms with Crippen molar-refractivity contribution < 1.29 is 22.8 Å². The summed E-state index contributed by atoms with van der Waals surface area (Å²) in [6.45, 7) is 2.06. The number of amides is 2. The lowest BCUT2D eigenvalue weighted by molar-refractivity contribution is -0.137. The van der Waals surface area contributed by atoms with E-state index in [9.17, 15) is 22.8 Å². The van der Waals surface area contributed by atoms with Gasteiger partial charge in [0.05, 0.1) is 5.56 Å². The third kappa shape index (κ3) is 4.47. The molecular formula is C20H18ClF3N2O2. The maximum absolute atomic E-state index is 12.9. The quantitative estimate of drug-likeness (QED) is 0.813. The molecule has 0 spiro atoms. The number of fused-ring (bicyclic) bond motifs is 1. The minimum absolute atomic E-state index is 0.0341. The van der Waals surface area contributed by atoms with Crippen molar-refractivity contribution in [1.82, 2.24) is 5.32 Å². The molecule has 0 aromatic heterocycles. The van der Waals surface area contributed by atoms with Gasteiger partial charge in [-0.05, 0) is 60.9 Å². The number of hydrogen-bond acceptors (Lipinski definition) is 2. The molecule has 148 valence electrons. The number of aryl methyl sites for hydroxylation is 1. The van der Waals surface area contributed by atoms with E-state index in [-0.39, 0.29) is 24.4 Å². The largest absolute Gasteiger partial charge is 0.416 e. The Morgan fingerprint density at radius 3 is 2.64 bits per heavy atom. The van der Waals surface area contributed by atoms with Crippen LogP contribution in [0.25, 0.3) is 0 Å². The zero-order valence-electron chi connectivity index (χ0n) is 15.1. The Balaban J connectivity index is 1.59. The number of alkyl halides is 3. The molecule has 1 aliphatic rings. The molecule has 1 N–H and O–H groups in total. The second-order valence-corrected chi connectivity index (χ2v) is 7.10. The molecule has 28 heavy (non-hydrogen) atoms. The molecule has 0 bridgehead atoms. The van der Waals surface area contributed by atoms with Crippen LogP contribution in [0.3, 0.4) is 0 Å². The molecule has 0 saturated carbocycles. The van der Waals surface area contributed by atoms with Crippen LogP contribution in [0.5, 0.6) is 0 Å². The predicted octanol–water partition coefficient (Wildman–Crippen LogP) is 4.38. The van der Waals surface area contributed by atoms with E-state index in [4.69, 9.17) is 11.6 Å². The van der Waals surface area contributed by atoms with E-state index in [0.717, 1.165) is 23.4 Å². The first-order chi connectivity index (χ1) is 13.1. The van der Waals surface area contributed by atoms with Crippen LogP contribution >= 0.6 is 11.6 Å². The summed E-state index contributed by atoms with van der Waals surface area (Å²) in [7, 11) is 0. The number of carbonyl (C=O) groups excluding carboxylic acids is 2. The monoisotopic (exact) mass is 410 g/mol.